The molecule has 130 valence electrons. The number of amides is 1. The van der Waals surface area contributed by atoms with E-state index >= 15 is 0 Å². The zero-order valence-corrected chi connectivity index (χ0v) is 15.8. The topological polar surface area (TPSA) is 42.0 Å². The van der Waals surface area contributed by atoms with Gasteiger partial charge < -0.3 is 5.32 Å². The highest BCUT2D eigenvalue weighted by atomic mass is 32.1. The van der Waals surface area contributed by atoms with Gasteiger partial charge in [-0.05, 0) is 48.9 Å². The number of carbonyl (C=O) groups excluding carboxylic acids is 1. The van der Waals surface area contributed by atoms with E-state index in [1.54, 1.807) is 0 Å². The lowest BCUT2D eigenvalue weighted by Crippen LogP contribution is -2.43. The van der Waals surface area contributed by atoms with Crippen LogP contribution in [-0.4, -0.2) is 16.9 Å². The molecule has 2 aromatic heterocycles. The van der Waals surface area contributed by atoms with Gasteiger partial charge in [-0.1, -0.05) is 38.8 Å². The molecule has 1 aromatic carbocycles. The summed E-state index contributed by atoms with van der Waals surface area (Å²) < 4.78 is 0. The Labute approximate surface area is 152 Å². The van der Waals surface area contributed by atoms with Crippen molar-refractivity contribution in [1.82, 2.24) is 10.3 Å². The molecule has 25 heavy (non-hydrogen) atoms. The quantitative estimate of drug-likeness (QED) is 0.679. The van der Waals surface area contributed by atoms with E-state index in [4.69, 9.17) is 4.98 Å². The maximum Gasteiger partial charge on any atom is 0.261 e. The molecule has 1 fully saturated rings. The lowest BCUT2D eigenvalue weighted by Gasteiger charge is -2.34. The highest BCUT2D eigenvalue weighted by molar-refractivity contribution is 7.20. The maximum atomic E-state index is 12.8. The number of nitrogens with one attached hydrogen (secondary N) is 1. The van der Waals surface area contributed by atoms with Gasteiger partial charge in [-0.15, -0.1) is 11.3 Å². The SMILES string of the molecule is Cc1ccc2cc3cc(C(=O)N[C@@H]4CCC[C@@H](C)[C@@H]4C)sc3nc2c1. The van der Waals surface area contributed by atoms with E-state index in [1.165, 1.54) is 29.7 Å². The summed E-state index contributed by atoms with van der Waals surface area (Å²) in [6.07, 6.45) is 3.56. The lowest BCUT2D eigenvalue weighted by molar-refractivity contribution is 0.0895. The minimum atomic E-state index is 0.0502. The van der Waals surface area contributed by atoms with Gasteiger partial charge >= 0.3 is 0 Å². The average Bonchev–Trinajstić information content (AvgIpc) is 3.00. The fourth-order valence-electron chi connectivity index (χ4n) is 3.87. The van der Waals surface area contributed by atoms with Crippen molar-refractivity contribution in [3.8, 4) is 0 Å². The number of carbonyl (C=O) groups is 1. The Morgan fingerprint density at radius 1 is 1.16 bits per heavy atom. The number of thiophene rings is 1. The molecule has 3 aromatic rings. The van der Waals surface area contributed by atoms with Crippen LogP contribution in [0.4, 0.5) is 0 Å². The molecule has 0 saturated heterocycles. The normalized spacial score (nSPS) is 23.9. The Morgan fingerprint density at radius 3 is 2.84 bits per heavy atom. The Balaban J connectivity index is 1.62. The molecular formula is C21H24N2OS. The molecule has 0 unspecified atom stereocenters. The van der Waals surface area contributed by atoms with Crippen molar-refractivity contribution < 1.29 is 4.79 Å². The van der Waals surface area contributed by atoms with Crippen LogP contribution < -0.4 is 5.32 Å². The van der Waals surface area contributed by atoms with Gasteiger partial charge in [-0.2, -0.15) is 0 Å². The summed E-state index contributed by atoms with van der Waals surface area (Å²) >= 11 is 1.49. The van der Waals surface area contributed by atoms with E-state index in [9.17, 15) is 4.79 Å². The summed E-state index contributed by atoms with van der Waals surface area (Å²) in [4.78, 5) is 19.2. The summed E-state index contributed by atoms with van der Waals surface area (Å²) in [5.41, 5.74) is 2.20. The number of hydrogen-bond donors (Lipinski definition) is 1. The number of fused-ring (bicyclic) bond motifs is 2. The summed E-state index contributed by atoms with van der Waals surface area (Å²) in [6, 6.07) is 10.7. The van der Waals surface area contributed by atoms with Crippen LogP contribution in [0.2, 0.25) is 0 Å². The van der Waals surface area contributed by atoms with E-state index in [-0.39, 0.29) is 11.9 Å². The zero-order chi connectivity index (χ0) is 17.6. The first-order valence-electron chi connectivity index (χ1n) is 9.13. The largest absolute Gasteiger partial charge is 0.348 e. The first kappa shape index (κ1) is 16.5. The number of hydrogen-bond acceptors (Lipinski definition) is 3. The van der Waals surface area contributed by atoms with E-state index in [1.807, 2.05) is 6.07 Å². The fourth-order valence-corrected chi connectivity index (χ4v) is 4.80. The highest BCUT2D eigenvalue weighted by Gasteiger charge is 2.28. The lowest BCUT2D eigenvalue weighted by atomic mass is 9.78. The number of aromatic nitrogens is 1. The minimum absolute atomic E-state index is 0.0502. The number of aryl methyl sites for hydroxylation is 1. The molecule has 0 radical (unpaired) electrons. The summed E-state index contributed by atoms with van der Waals surface area (Å²) in [5, 5.41) is 5.45. The van der Waals surface area contributed by atoms with Gasteiger partial charge in [0.1, 0.15) is 4.83 Å². The van der Waals surface area contributed by atoms with Crippen LogP contribution >= 0.6 is 11.3 Å². The second-order valence-corrected chi connectivity index (χ2v) is 8.57. The molecule has 4 heteroatoms. The van der Waals surface area contributed by atoms with Crippen LogP contribution in [0, 0.1) is 18.8 Å². The van der Waals surface area contributed by atoms with Crippen molar-refractivity contribution in [3.63, 3.8) is 0 Å². The predicted octanol–water partition coefficient (Wildman–Crippen LogP) is 5.31. The van der Waals surface area contributed by atoms with Crippen molar-refractivity contribution >= 4 is 38.4 Å². The van der Waals surface area contributed by atoms with Crippen molar-refractivity contribution in [1.29, 1.82) is 0 Å². The first-order valence-corrected chi connectivity index (χ1v) is 9.95. The van der Waals surface area contributed by atoms with Gasteiger partial charge in [-0.3, -0.25) is 4.79 Å². The first-order chi connectivity index (χ1) is 12.0. The molecule has 1 N–H and O–H groups in total. The van der Waals surface area contributed by atoms with Gasteiger partial charge in [0.2, 0.25) is 0 Å². The molecule has 0 bridgehead atoms. The number of benzene rings is 1. The predicted molar refractivity (Wildman–Crippen MR) is 105 cm³/mol. The minimum Gasteiger partial charge on any atom is -0.348 e. The van der Waals surface area contributed by atoms with Gasteiger partial charge in [-0.25, -0.2) is 4.98 Å². The van der Waals surface area contributed by atoms with E-state index < -0.39 is 0 Å². The highest BCUT2D eigenvalue weighted by Crippen LogP contribution is 2.31. The molecule has 4 rings (SSSR count). The Kier molecular flexibility index (Phi) is 4.24. The van der Waals surface area contributed by atoms with Gasteiger partial charge in [0.15, 0.2) is 0 Å². The van der Waals surface area contributed by atoms with Gasteiger partial charge in [0.05, 0.1) is 10.4 Å². The van der Waals surface area contributed by atoms with Crippen LogP contribution in [0.3, 0.4) is 0 Å². The van der Waals surface area contributed by atoms with Gasteiger partial charge in [0, 0.05) is 16.8 Å². The molecule has 3 nitrogen and oxygen atoms in total. The fraction of sp³-hybridized carbons (Fsp3) is 0.429. The zero-order valence-electron chi connectivity index (χ0n) is 15.0. The number of rotatable bonds is 2. The van der Waals surface area contributed by atoms with Crippen LogP contribution in [-0.2, 0) is 0 Å². The van der Waals surface area contributed by atoms with Crippen molar-refractivity contribution in [2.75, 3.05) is 0 Å². The Hall–Kier alpha value is -1.94. The molecular weight excluding hydrogens is 328 g/mol. The van der Waals surface area contributed by atoms with Crippen LogP contribution in [0.1, 0.15) is 48.3 Å². The molecule has 3 atom stereocenters. The second-order valence-electron chi connectivity index (χ2n) is 7.54. The van der Waals surface area contributed by atoms with Crippen molar-refractivity contribution in [2.45, 2.75) is 46.1 Å². The van der Waals surface area contributed by atoms with Crippen molar-refractivity contribution in [2.24, 2.45) is 11.8 Å². The Bertz CT molecular complexity index is 946. The van der Waals surface area contributed by atoms with Crippen LogP contribution in [0.25, 0.3) is 21.1 Å². The number of pyridine rings is 1. The standard InChI is InChI=1S/C21H24N2OS/c1-12-7-8-15-10-16-11-19(25-21(16)23-18(15)9-12)20(24)22-17-6-4-5-13(2)14(17)3/h7-11,13-14,17H,4-6H2,1-3H3,(H,22,24)/t13-,14+,17-/m1/s1. The van der Waals surface area contributed by atoms with Crippen LogP contribution in [0.15, 0.2) is 30.3 Å². The molecule has 2 heterocycles. The summed E-state index contributed by atoms with van der Waals surface area (Å²) in [5.74, 6) is 1.27. The average molecular weight is 353 g/mol. The van der Waals surface area contributed by atoms with E-state index in [0.29, 0.717) is 11.8 Å². The summed E-state index contributed by atoms with van der Waals surface area (Å²) in [6.45, 7) is 6.63. The molecule has 0 aliphatic heterocycles. The molecule has 1 aliphatic rings. The summed E-state index contributed by atoms with van der Waals surface area (Å²) in [7, 11) is 0. The Morgan fingerprint density at radius 2 is 2.00 bits per heavy atom. The smallest absolute Gasteiger partial charge is 0.261 e. The van der Waals surface area contributed by atoms with E-state index in [0.717, 1.165) is 32.4 Å². The molecule has 1 amide bonds. The number of nitrogens with zero attached hydrogens (tertiary/aromatic N) is 1. The second kappa shape index (κ2) is 6.41. The third kappa shape index (κ3) is 3.15. The monoisotopic (exact) mass is 352 g/mol. The van der Waals surface area contributed by atoms with Crippen LogP contribution in [0.5, 0.6) is 0 Å². The maximum absolute atomic E-state index is 12.8. The molecule has 1 aliphatic carbocycles. The van der Waals surface area contributed by atoms with Gasteiger partial charge in [0.25, 0.3) is 5.91 Å². The third-order valence-electron chi connectivity index (χ3n) is 5.71. The van der Waals surface area contributed by atoms with E-state index in [2.05, 4.69) is 50.4 Å². The molecule has 1 saturated carbocycles. The molecule has 0 spiro atoms. The van der Waals surface area contributed by atoms with Crippen molar-refractivity contribution in [3.05, 3.63) is 40.8 Å². The third-order valence-corrected chi connectivity index (χ3v) is 6.75.